The van der Waals surface area contributed by atoms with Gasteiger partial charge < -0.3 is 14.8 Å². The highest BCUT2D eigenvalue weighted by atomic mass is 32.2. The zero-order valence-electron chi connectivity index (χ0n) is 16.2. The van der Waals surface area contributed by atoms with E-state index in [2.05, 4.69) is 5.32 Å². The first-order valence-electron chi connectivity index (χ1n) is 9.22. The van der Waals surface area contributed by atoms with E-state index in [0.717, 1.165) is 16.4 Å². The van der Waals surface area contributed by atoms with E-state index in [-0.39, 0.29) is 16.5 Å². The smallest absolute Gasteiger partial charge is 0.264 e. The zero-order valence-corrected chi connectivity index (χ0v) is 17.0. The van der Waals surface area contributed by atoms with Crippen molar-refractivity contribution in [2.75, 3.05) is 30.6 Å². The molecular weight excluding hydrogens is 399 g/mol. The van der Waals surface area contributed by atoms with Crippen molar-refractivity contribution in [3.63, 3.8) is 0 Å². The van der Waals surface area contributed by atoms with Crippen molar-refractivity contribution in [3.05, 3.63) is 48.3 Å². The van der Waals surface area contributed by atoms with Gasteiger partial charge >= 0.3 is 0 Å². The average Bonchev–Trinajstić information content (AvgIpc) is 2.70. The Hall–Kier alpha value is -2.81. The lowest BCUT2D eigenvalue weighted by Gasteiger charge is -2.25. The molecule has 1 aliphatic rings. The Morgan fingerprint density at radius 1 is 1.10 bits per heavy atom. The van der Waals surface area contributed by atoms with Crippen LogP contribution in [0.15, 0.2) is 47.4 Å². The Morgan fingerprint density at radius 2 is 1.76 bits per heavy atom. The number of carbonyl (C=O) groups is 1. The minimum Gasteiger partial charge on any atom is -0.486 e. The van der Waals surface area contributed by atoms with Crippen LogP contribution >= 0.6 is 0 Å². The topological polar surface area (TPSA) is 84.9 Å². The highest BCUT2D eigenvalue weighted by molar-refractivity contribution is 7.92. The van der Waals surface area contributed by atoms with Gasteiger partial charge in [-0.3, -0.25) is 9.10 Å². The Labute approximate surface area is 169 Å². The minimum atomic E-state index is -4.12. The van der Waals surface area contributed by atoms with E-state index in [4.69, 9.17) is 9.47 Å². The summed E-state index contributed by atoms with van der Waals surface area (Å²) in [6.45, 7) is 4.55. The van der Waals surface area contributed by atoms with Crippen LogP contribution in [-0.4, -0.2) is 40.6 Å². The summed E-state index contributed by atoms with van der Waals surface area (Å²) < 4.78 is 51.9. The molecule has 0 aliphatic carbocycles. The summed E-state index contributed by atoms with van der Waals surface area (Å²) >= 11 is 0. The lowest BCUT2D eigenvalue weighted by atomic mass is 10.2. The monoisotopic (exact) mass is 422 g/mol. The van der Waals surface area contributed by atoms with Crippen LogP contribution in [0, 0.1) is 11.7 Å². The largest absolute Gasteiger partial charge is 0.486 e. The molecule has 0 saturated carbocycles. The maximum absolute atomic E-state index is 13.4. The van der Waals surface area contributed by atoms with Crippen molar-refractivity contribution in [1.29, 1.82) is 0 Å². The summed E-state index contributed by atoms with van der Waals surface area (Å²) in [5.74, 6) is 0.0327. The quantitative estimate of drug-likeness (QED) is 0.741. The first-order chi connectivity index (χ1) is 13.8. The van der Waals surface area contributed by atoms with Crippen LogP contribution in [0.1, 0.15) is 13.8 Å². The standard InChI is InChI=1S/C20H23FN2O5S/c1-14(2)12-22-20(24)13-23(16-5-3-15(21)4-6-16)29(25,26)17-7-8-18-19(11-17)28-10-9-27-18/h3-8,11,14H,9-10,12-13H2,1-2H3,(H,22,24). The molecule has 1 heterocycles. The molecule has 7 nitrogen and oxygen atoms in total. The van der Waals surface area contributed by atoms with Crippen molar-refractivity contribution in [2.24, 2.45) is 5.92 Å². The van der Waals surface area contributed by atoms with Gasteiger partial charge in [-0.15, -0.1) is 0 Å². The van der Waals surface area contributed by atoms with Crippen LogP contribution in [0.2, 0.25) is 0 Å². The van der Waals surface area contributed by atoms with E-state index in [1.807, 2.05) is 13.8 Å². The van der Waals surface area contributed by atoms with Gasteiger partial charge in [0.2, 0.25) is 5.91 Å². The molecule has 2 aromatic carbocycles. The second-order valence-corrected chi connectivity index (χ2v) is 8.85. The van der Waals surface area contributed by atoms with Crippen molar-refractivity contribution < 1.29 is 27.1 Å². The molecular formula is C20H23FN2O5S. The number of halogens is 1. The van der Waals surface area contributed by atoms with Crippen molar-refractivity contribution in [2.45, 2.75) is 18.7 Å². The Bertz CT molecular complexity index is 977. The van der Waals surface area contributed by atoms with E-state index in [1.165, 1.54) is 30.3 Å². The van der Waals surface area contributed by atoms with E-state index in [9.17, 15) is 17.6 Å². The van der Waals surface area contributed by atoms with Crippen molar-refractivity contribution in [3.8, 4) is 11.5 Å². The fourth-order valence-corrected chi connectivity index (χ4v) is 4.17. The molecule has 0 bridgehead atoms. The van der Waals surface area contributed by atoms with Crippen LogP contribution in [0.4, 0.5) is 10.1 Å². The number of nitrogens with zero attached hydrogens (tertiary/aromatic N) is 1. The lowest BCUT2D eigenvalue weighted by molar-refractivity contribution is -0.119. The number of nitrogens with one attached hydrogen (secondary N) is 1. The molecule has 0 atom stereocenters. The maximum atomic E-state index is 13.4. The van der Waals surface area contributed by atoms with Crippen LogP contribution in [0.25, 0.3) is 0 Å². The highest BCUT2D eigenvalue weighted by Gasteiger charge is 2.29. The van der Waals surface area contributed by atoms with Crippen LogP contribution < -0.4 is 19.1 Å². The predicted octanol–water partition coefficient (Wildman–Crippen LogP) is 2.56. The second-order valence-electron chi connectivity index (χ2n) is 6.99. The molecule has 0 saturated heterocycles. The molecule has 1 aliphatic heterocycles. The number of benzene rings is 2. The first-order valence-corrected chi connectivity index (χ1v) is 10.7. The van der Waals surface area contributed by atoms with Crippen LogP contribution in [0.3, 0.4) is 0 Å². The van der Waals surface area contributed by atoms with Gasteiger partial charge in [-0.1, -0.05) is 13.8 Å². The predicted molar refractivity (Wildman–Crippen MR) is 106 cm³/mol. The van der Waals surface area contributed by atoms with Gasteiger partial charge in [0, 0.05) is 12.6 Å². The number of ether oxygens (including phenoxy) is 2. The fourth-order valence-electron chi connectivity index (χ4n) is 2.74. The molecule has 0 spiro atoms. The fraction of sp³-hybridized carbons (Fsp3) is 0.350. The average molecular weight is 422 g/mol. The summed E-state index contributed by atoms with van der Waals surface area (Å²) in [7, 11) is -4.12. The number of carbonyl (C=O) groups excluding carboxylic acids is 1. The zero-order chi connectivity index (χ0) is 21.0. The summed E-state index contributed by atoms with van der Waals surface area (Å²) in [5, 5.41) is 2.70. The number of anilines is 1. The first kappa shape index (κ1) is 20.9. The van der Waals surface area contributed by atoms with E-state index >= 15 is 0 Å². The summed E-state index contributed by atoms with van der Waals surface area (Å²) in [6, 6.07) is 9.21. The third kappa shape index (κ3) is 4.97. The van der Waals surface area contributed by atoms with Crippen molar-refractivity contribution >= 4 is 21.6 Å². The molecule has 29 heavy (non-hydrogen) atoms. The summed E-state index contributed by atoms with van der Waals surface area (Å²) in [6.07, 6.45) is 0. The van der Waals surface area contributed by atoms with Crippen molar-refractivity contribution in [1.82, 2.24) is 5.32 Å². The van der Waals surface area contributed by atoms with Gasteiger partial charge in [0.15, 0.2) is 11.5 Å². The number of hydrogen-bond donors (Lipinski definition) is 1. The number of rotatable bonds is 7. The Morgan fingerprint density at radius 3 is 2.41 bits per heavy atom. The summed E-state index contributed by atoms with van der Waals surface area (Å²) in [5.41, 5.74) is 0.181. The van der Waals surface area contributed by atoms with E-state index in [1.54, 1.807) is 0 Å². The molecule has 1 amide bonds. The molecule has 0 unspecified atom stereocenters. The Kier molecular flexibility index (Phi) is 6.26. The number of fused-ring (bicyclic) bond motifs is 1. The minimum absolute atomic E-state index is 0.0530. The number of sulfonamides is 1. The van der Waals surface area contributed by atoms with Gasteiger partial charge in [0.05, 0.1) is 10.6 Å². The lowest BCUT2D eigenvalue weighted by Crippen LogP contribution is -2.41. The molecule has 1 N–H and O–H groups in total. The van der Waals surface area contributed by atoms with Crippen LogP contribution in [0.5, 0.6) is 11.5 Å². The van der Waals surface area contributed by atoms with Gasteiger partial charge in [-0.05, 0) is 42.3 Å². The van der Waals surface area contributed by atoms with Crippen LogP contribution in [-0.2, 0) is 14.8 Å². The third-order valence-corrected chi connectivity index (χ3v) is 5.98. The normalized spacial score (nSPS) is 13.2. The number of hydrogen-bond acceptors (Lipinski definition) is 5. The molecule has 2 aromatic rings. The third-order valence-electron chi connectivity index (χ3n) is 4.21. The molecule has 9 heteroatoms. The van der Waals surface area contributed by atoms with E-state index < -0.39 is 28.3 Å². The SMILES string of the molecule is CC(C)CNC(=O)CN(c1ccc(F)cc1)S(=O)(=O)c1ccc2c(c1)OCCO2. The number of amides is 1. The molecule has 156 valence electrons. The summed E-state index contributed by atoms with van der Waals surface area (Å²) in [4.78, 5) is 12.3. The molecule has 0 radical (unpaired) electrons. The molecule has 3 rings (SSSR count). The Balaban J connectivity index is 1.95. The van der Waals surface area contributed by atoms with Gasteiger partial charge in [-0.2, -0.15) is 0 Å². The molecule has 0 fully saturated rings. The van der Waals surface area contributed by atoms with Gasteiger partial charge in [0.1, 0.15) is 25.6 Å². The van der Waals surface area contributed by atoms with Gasteiger partial charge in [-0.25, -0.2) is 12.8 Å². The maximum Gasteiger partial charge on any atom is 0.264 e. The van der Waals surface area contributed by atoms with E-state index in [0.29, 0.717) is 31.3 Å². The highest BCUT2D eigenvalue weighted by Crippen LogP contribution is 2.34. The molecule has 0 aromatic heterocycles. The van der Waals surface area contributed by atoms with Gasteiger partial charge in [0.25, 0.3) is 10.0 Å². The second kappa shape index (κ2) is 8.69.